The van der Waals surface area contributed by atoms with Gasteiger partial charge >= 0.3 is 5.97 Å². The highest BCUT2D eigenvalue weighted by Crippen LogP contribution is 2.30. The second kappa shape index (κ2) is 12.6. The average molecular weight is 517 g/mol. The monoisotopic (exact) mass is 516 g/mol. The van der Waals surface area contributed by atoms with Crippen molar-refractivity contribution in [2.45, 2.75) is 6.92 Å². The van der Waals surface area contributed by atoms with E-state index in [2.05, 4.69) is 10.5 Å². The largest absolute Gasteiger partial charge is 0.493 e. The predicted molar refractivity (Wildman–Crippen MR) is 133 cm³/mol. The van der Waals surface area contributed by atoms with Crippen LogP contribution in [0.1, 0.15) is 22.8 Å². The number of hydrogen-bond donors (Lipinski definition) is 1. The lowest BCUT2D eigenvalue weighted by Crippen LogP contribution is -2.24. The Morgan fingerprint density at radius 3 is 2.43 bits per heavy atom. The second-order valence-electron chi connectivity index (χ2n) is 6.89. The number of nitrogens with zero attached hydrogens (tertiary/aromatic N) is 1. The second-order valence-corrected chi connectivity index (χ2v) is 7.73. The van der Waals surface area contributed by atoms with Gasteiger partial charge in [-0.05, 0) is 61.0 Å². The molecule has 3 aromatic rings. The fourth-order valence-corrected chi connectivity index (χ4v) is 3.35. The van der Waals surface area contributed by atoms with Crippen molar-refractivity contribution in [3.63, 3.8) is 0 Å². The van der Waals surface area contributed by atoms with E-state index >= 15 is 0 Å². The molecule has 8 nitrogen and oxygen atoms in total. The number of carbonyl (C=O) groups is 2. The zero-order valence-corrected chi connectivity index (χ0v) is 20.4. The van der Waals surface area contributed by atoms with Crippen LogP contribution in [0.25, 0.3) is 0 Å². The standard InChI is InChI=1S/C25H22Cl2N2O6/c1-3-33-23-12-16(8-11-22(23)35-25(31)18-10-9-17(26)13-19(18)27)14-28-29-24(30)15-34-21-7-5-4-6-20(21)32-2/h4-14H,3,15H2,1-2H3,(H,29,30)/b28-14-. The Balaban J connectivity index is 1.62. The minimum Gasteiger partial charge on any atom is -0.493 e. The van der Waals surface area contributed by atoms with Crippen LogP contribution in [0.2, 0.25) is 10.0 Å². The summed E-state index contributed by atoms with van der Waals surface area (Å²) in [6.45, 7) is 1.89. The van der Waals surface area contributed by atoms with Gasteiger partial charge in [0, 0.05) is 5.02 Å². The summed E-state index contributed by atoms with van der Waals surface area (Å²) in [5.74, 6) is 0.376. The molecule has 0 aliphatic carbocycles. The summed E-state index contributed by atoms with van der Waals surface area (Å²) in [6.07, 6.45) is 1.42. The minimum absolute atomic E-state index is 0.169. The molecule has 182 valence electrons. The van der Waals surface area contributed by atoms with Crippen molar-refractivity contribution in [1.82, 2.24) is 5.43 Å². The molecule has 0 heterocycles. The van der Waals surface area contributed by atoms with Crippen LogP contribution in [0.15, 0.2) is 65.8 Å². The van der Waals surface area contributed by atoms with Gasteiger partial charge in [-0.1, -0.05) is 35.3 Å². The first-order valence-electron chi connectivity index (χ1n) is 10.4. The van der Waals surface area contributed by atoms with Crippen LogP contribution < -0.4 is 24.4 Å². The third kappa shape index (κ3) is 7.37. The molecule has 3 aromatic carbocycles. The highest BCUT2D eigenvalue weighted by molar-refractivity contribution is 6.36. The van der Waals surface area contributed by atoms with Crippen molar-refractivity contribution in [3.05, 3.63) is 81.8 Å². The molecule has 0 aliphatic heterocycles. The van der Waals surface area contributed by atoms with E-state index in [1.807, 2.05) is 0 Å². The number of hydrazone groups is 1. The summed E-state index contributed by atoms with van der Waals surface area (Å²) in [7, 11) is 1.52. The van der Waals surface area contributed by atoms with Gasteiger partial charge in [0.15, 0.2) is 29.6 Å². The Labute approximate surface area is 212 Å². The molecule has 0 unspecified atom stereocenters. The van der Waals surface area contributed by atoms with Crippen molar-refractivity contribution >= 4 is 41.3 Å². The molecule has 1 amide bonds. The number of nitrogens with one attached hydrogen (secondary N) is 1. The normalized spacial score (nSPS) is 10.6. The zero-order chi connectivity index (χ0) is 25.2. The Bertz CT molecular complexity index is 1230. The number of para-hydroxylation sites is 2. The molecule has 0 atom stereocenters. The van der Waals surface area contributed by atoms with E-state index in [9.17, 15) is 9.59 Å². The van der Waals surface area contributed by atoms with Gasteiger partial charge in [-0.3, -0.25) is 4.79 Å². The van der Waals surface area contributed by atoms with Gasteiger partial charge in [0.05, 0.1) is 30.5 Å². The van der Waals surface area contributed by atoms with Gasteiger partial charge in [0.2, 0.25) is 0 Å². The van der Waals surface area contributed by atoms with Gasteiger partial charge in [0.25, 0.3) is 5.91 Å². The van der Waals surface area contributed by atoms with Crippen LogP contribution in [0.3, 0.4) is 0 Å². The maximum Gasteiger partial charge on any atom is 0.345 e. The van der Waals surface area contributed by atoms with E-state index in [1.165, 1.54) is 25.5 Å². The first-order valence-corrected chi connectivity index (χ1v) is 11.2. The molecule has 0 saturated carbocycles. The third-order valence-electron chi connectivity index (χ3n) is 4.45. The van der Waals surface area contributed by atoms with Gasteiger partial charge in [0.1, 0.15) is 0 Å². The maximum atomic E-state index is 12.5. The minimum atomic E-state index is -0.656. The Morgan fingerprint density at radius 2 is 1.71 bits per heavy atom. The predicted octanol–water partition coefficient (Wildman–Crippen LogP) is 5.15. The Hall–Kier alpha value is -3.75. The quantitative estimate of drug-likeness (QED) is 0.173. The van der Waals surface area contributed by atoms with Crippen LogP contribution in [-0.4, -0.2) is 38.4 Å². The van der Waals surface area contributed by atoms with Gasteiger partial charge in [-0.25, -0.2) is 10.2 Å². The number of esters is 1. The van der Waals surface area contributed by atoms with Gasteiger partial charge in [-0.2, -0.15) is 5.10 Å². The number of rotatable bonds is 10. The van der Waals surface area contributed by atoms with Crippen LogP contribution in [-0.2, 0) is 4.79 Å². The number of carbonyl (C=O) groups excluding carboxylic acids is 2. The molecule has 0 fully saturated rings. The van der Waals surface area contributed by atoms with Gasteiger partial charge < -0.3 is 18.9 Å². The van der Waals surface area contributed by atoms with Crippen LogP contribution in [0.4, 0.5) is 0 Å². The smallest absolute Gasteiger partial charge is 0.345 e. The number of hydrogen-bond acceptors (Lipinski definition) is 7. The lowest BCUT2D eigenvalue weighted by molar-refractivity contribution is -0.123. The summed E-state index contributed by atoms with van der Waals surface area (Å²) < 4.78 is 21.7. The lowest BCUT2D eigenvalue weighted by Gasteiger charge is -2.12. The van der Waals surface area contributed by atoms with Gasteiger partial charge in [-0.15, -0.1) is 0 Å². The number of benzene rings is 3. The SMILES string of the molecule is CCOc1cc(/C=N\NC(=O)COc2ccccc2OC)ccc1OC(=O)c1ccc(Cl)cc1Cl. The van der Waals surface area contributed by atoms with Crippen molar-refractivity contribution < 1.29 is 28.5 Å². The van der Waals surface area contributed by atoms with E-state index in [0.717, 1.165) is 0 Å². The maximum absolute atomic E-state index is 12.5. The van der Waals surface area contributed by atoms with Crippen LogP contribution >= 0.6 is 23.2 Å². The molecule has 1 N–H and O–H groups in total. The van der Waals surface area contributed by atoms with Crippen LogP contribution in [0.5, 0.6) is 23.0 Å². The summed E-state index contributed by atoms with van der Waals surface area (Å²) in [5, 5.41) is 4.51. The molecule has 0 aromatic heterocycles. The highest BCUT2D eigenvalue weighted by Gasteiger charge is 2.16. The lowest BCUT2D eigenvalue weighted by atomic mass is 10.2. The summed E-state index contributed by atoms with van der Waals surface area (Å²) in [4.78, 5) is 24.6. The number of methoxy groups -OCH3 is 1. The topological polar surface area (TPSA) is 95.5 Å². The molecule has 0 spiro atoms. The molecule has 3 rings (SSSR count). The average Bonchev–Trinajstić information content (AvgIpc) is 2.84. The van der Waals surface area contributed by atoms with Crippen molar-refractivity contribution in [2.75, 3.05) is 20.3 Å². The zero-order valence-electron chi connectivity index (χ0n) is 18.9. The van der Waals surface area contributed by atoms with Crippen molar-refractivity contribution in [3.8, 4) is 23.0 Å². The van der Waals surface area contributed by atoms with Crippen molar-refractivity contribution in [1.29, 1.82) is 0 Å². The molecule has 0 saturated heterocycles. The fourth-order valence-electron chi connectivity index (χ4n) is 2.86. The molecule has 0 bridgehead atoms. The van der Waals surface area contributed by atoms with E-state index in [4.69, 9.17) is 42.1 Å². The third-order valence-corrected chi connectivity index (χ3v) is 5.00. The molecule has 35 heavy (non-hydrogen) atoms. The molecule has 0 radical (unpaired) electrons. The first-order chi connectivity index (χ1) is 16.9. The number of halogens is 2. The molecular formula is C25H22Cl2N2O6. The molecule has 0 aliphatic rings. The van der Waals surface area contributed by atoms with Crippen LogP contribution in [0, 0.1) is 0 Å². The van der Waals surface area contributed by atoms with E-state index in [1.54, 1.807) is 55.5 Å². The van der Waals surface area contributed by atoms with Crippen molar-refractivity contribution in [2.24, 2.45) is 5.10 Å². The molecular weight excluding hydrogens is 495 g/mol. The number of amides is 1. The van der Waals surface area contributed by atoms with E-state index in [-0.39, 0.29) is 22.9 Å². The fraction of sp³-hybridized carbons (Fsp3) is 0.160. The molecule has 10 heteroatoms. The van der Waals surface area contributed by atoms with E-state index < -0.39 is 11.9 Å². The summed E-state index contributed by atoms with van der Waals surface area (Å²) >= 11 is 12.0. The summed E-state index contributed by atoms with van der Waals surface area (Å²) in [5.41, 5.74) is 3.15. The first kappa shape index (κ1) is 25.9. The Kier molecular flexibility index (Phi) is 9.34. The highest BCUT2D eigenvalue weighted by atomic mass is 35.5. The number of ether oxygens (including phenoxy) is 4. The Morgan fingerprint density at radius 1 is 0.943 bits per heavy atom. The van der Waals surface area contributed by atoms with E-state index in [0.29, 0.717) is 34.4 Å². The summed E-state index contributed by atoms with van der Waals surface area (Å²) in [6, 6.07) is 16.3.